The molecular weight excluding hydrogens is 378 g/mol. The van der Waals surface area contributed by atoms with E-state index >= 15 is 0 Å². The van der Waals surface area contributed by atoms with E-state index in [-0.39, 0.29) is 12.4 Å². The van der Waals surface area contributed by atoms with Crippen LogP contribution in [0.2, 0.25) is 5.02 Å². The standard InChI is InChI=1S/C15H14ClN7O2S/c1-2-25-14(24)6-12-8-26-15(19-12)20-17-7-10-5-11(16)3-4-13(10)23-9-18-21-22-23/h3-5,7-9H,2,6H2,1H3,(H,19,20). The van der Waals surface area contributed by atoms with Crippen molar-refractivity contribution in [1.82, 2.24) is 25.2 Å². The van der Waals surface area contributed by atoms with Crippen molar-refractivity contribution < 1.29 is 9.53 Å². The lowest BCUT2D eigenvalue weighted by Crippen LogP contribution is -2.07. The number of hydrazone groups is 1. The van der Waals surface area contributed by atoms with Gasteiger partial charge in [0.15, 0.2) is 0 Å². The first kappa shape index (κ1) is 18.0. The van der Waals surface area contributed by atoms with Crippen molar-refractivity contribution in [1.29, 1.82) is 0 Å². The van der Waals surface area contributed by atoms with Gasteiger partial charge in [-0.25, -0.2) is 4.98 Å². The van der Waals surface area contributed by atoms with E-state index in [1.165, 1.54) is 22.3 Å². The Labute approximate surface area is 157 Å². The summed E-state index contributed by atoms with van der Waals surface area (Å²) in [5, 5.41) is 18.2. The molecule has 0 spiro atoms. The molecule has 0 saturated heterocycles. The van der Waals surface area contributed by atoms with Gasteiger partial charge in [-0.15, -0.1) is 16.4 Å². The quantitative estimate of drug-likeness (QED) is 0.374. The number of carbonyl (C=O) groups excluding carboxylic acids is 1. The molecule has 0 amide bonds. The van der Waals surface area contributed by atoms with Crippen molar-refractivity contribution in [3.8, 4) is 5.69 Å². The number of nitrogens with zero attached hydrogens (tertiary/aromatic N) is 6. The van der Waals surface area contributed by atoms with Gasteiger partial charge in [-0.2, -0.15) is 9.78 Å². The van der Waals surface area contributed by atoms with Gasteiger partial charge in [0.05, 0.1) is 30.6 Å². The molecule has 1 aromatic carbocycles. The van der Waals surface area contributed by atoms with Crippen LogP contribution in [0.3, 0.4) is 0 Å². The summed E-state index contributed by atoms with van der Waals surface area (Å²) in [5.41, 5.74) is 4.91. The third kappa shape index (κ3) is 4.61. The number of ether oxygens (including phenoxy) is 1. The van der Waals surface area contributed by atoms with Crippen LogP contribution in [-0.4, -0.2) is 44.0 Å². The number of carbonyl (C=O) groups is 1. The van der Waals surface area contributed by atoms with Crippen LogP contribution in [-0.2, 0) is 16.0 Å². The van der Waals surface area contributed by atoms with Gasteiger partial charge in [-0.3, -0.25) is 10.2 Å². The minimum atomic E-state index is -0.308. The lowest BCUT2D eigenvalue weighted by molar-refractivity contribution is -0.142. The summed E-state index contributed by atoms with van der Waals surface area (Å²) in [7, 11) is 0. The van der Waals surface area contributed by atoms with E-state index in [4.69, 9.17) is 16.3 Å². The molecule has 11 heteroatoms. The lowest BCUT2D eigenvalue weighted by Gasteiger charge is -2.04. The predicted molar refractivity (Wildman–Crippen MR) is 97.8 cm³/mol. The summed E-state index contributed by atoms with van der Waals surface area (Å²) in [6.07, 6.45) is 3.21. The number of nitrogens with one attached hydrogen (secondary N) is 1. The van der Waals surface area contributed by atoms with Crippen LogP contribution in [0.25, 0.3) is 5.69 Å². The van der Waals surface area contributed by atoms with E-state index < -0.39 is 0 Å². The van der Waals surface area contributed by atoms with E-state index in [0.29, 0.717) is 22.5 Å². The molecule has 0 saturated carbocycles. The molecule has 0 aliphatic rings. The van der Waals surface area contributed by atoms with Crippen LogP contribution in [0, 0.1) is 0 Å². The molecule has 9 nitrogen and oxygen atoms in total. The molecule has 0 radical (unpaired) electrons. The number of tetrazole rings is 1. The normalized spacial score (nSPS) is 11.0. The Hall–Kier alpha value is -2.85. The van der Waals surface area contributed by atoms with Gasteiger partial charge in [0.1, 0.15) is 6.33 Å². The Balaban J connectivity index is 1.69. The molecule has 0 aliphatic carbocycles. The highest BCUT2D eigenvalue weighted by Gasteiger charge is 2.08. The maximum Gasteiger partial charge on any atom is 0.311 e. The zero-order valence-corrected chi connectivity index (χ0v) is 15.2. The molecule has 0 atom stereocenters. The Bertz CT molecular complexity index is 911. The van der Waals surface area contributed by atoms with E-state index in [9.17, 15) is 4.79 Å². The summed E-state index contributed by atoms with van der Waals surface area (Å²) in [6, 6.07) is 5.28. The summed E-state index contributed by atoms with van der Waals surface area (Å²) in [6.45, 7) is 2.11. The fraction of sp³-hybridized carbons (Fsp3) is 0.200. The second kappa shape index (κ2) is 8.50. The Kier molecular flexibility index (Phi) is 5.87. The second-order valence-corrected chi connectivity index (χ2v) is 6.25. The number of aromatic nitrogens is 5. The van der Waals surface area contributed by atoms with Crippen molar-refractivity contribution in [3.05, 3.63) is 46.2 Å². The predicted octanol–water partition coefficient (Wildman–Crippen LogP) is 2.32. The van der Waals surface area contributed by atoms with Gasteiger partial charge in [0.25, 0.3) is 0 Å². The van der Waals surface area contributed by atoms with Crippen molar-refractivity contribution in [2.45, 2.75) is 13.3 Å². The van der Waals surface area contributed by atoms with Crippen molar-refractivity contribution in [2.24, 2.45) is 5.10 Å². The number of hydrogen-bond donors (Lipinski definition) is 1. The molecule has 1 N–H and O–H groups in total. The third-order valence-corrected chi connectivity index (χ3v) is 4.16. The van der Waals surface area contributed by atoms with Crippen LogP contribution < -0.4 is 5.43 Å². The maximum absolute atomic E-state index is 11.5. The van der Waals surface area contributed by atoms with Gasteiger partial charge in [-0.05, 0) is 35.5 Å². The van der Waals surface area contributed by atoms with Crippen LogP contribution in [0.15, 0.2) is 35.0 Å². The number of halogens is 1. The first-order valence-electron chi connectivity index (χ1n) is 7.57. The number of benzene rings is 1. The fourth-order valence-electron chi connectivity index (χ4n) is 2.07. The summed E-state index contributed by atoms with van der Waals surface area (Å²) in [4.78, 5) is 15.7. The van der Waals surface area contributed by atoms with Crippen molar-refractivity contribution in [2.75, 3.05) is 12.0 Å². The van der Waals surface area contributed by atoms with E-state index in [1.54, 1.807) is 36.7 Å². The second-order valence-electron chi connectivity index (χ2n) is 4.95. The zero-order chi connectivity index (χ0) is 18.4. The largest absolute Gasteiger partial charge is 0.466 e. The Morgan fingerprint density at radius 2 is 2.38 bits per heavy atom. The molecule has 0 bridgehead atoms. The van der Waals surface area contributed by atoms with E-state index in [1.807, 2.05) is 0 Å². The van der Waals surface area contributed by atoms with E-state index in [0.717, 1.165) is 11.3 Å². The summed E-state index contributed by atoms with van der Waals surface area (Å²) >= 11 is 7.40. The number of rotatable bonds is 7. The molecule has 134 valence electrons. The van der Waals surface area contributed by atoms with Crippen LogP contribution in [0.4, 0.5) is 5.13 Å². The first-order chi connectivity index (χ1) is 12.7. The van der Waals surface area contributed by atoms with Gasteiger partial charge in [0.2, 0.25) is 5.13 Å². The van der Waals surface area contributed by atoms with E-state index in [2.05, 4.69) is 31.0 Å². The summed E-state index contributed by atoms with van der Waals surface area (Å²) in [5.74, 6) is -0.308. The number of thiazole rings is 1. The molecule has 2 heterocycles. The van der Waals surface area contributed by atoms with Gasteiger partial charge in [-0.1, -0.05) is 11.6 Å². The molecule has 0 unspecified atom stereocenters. The van der Waals surface area contributed by atoms with Gasteiger partial charge >= 0.3 is 5.97 Å². The third-order valence-electron chi connectivity index (χ3n) is 3.13. The zero-order valence-electron chi connectivity index (χ0n) is 13.7. The van der Waals surface area contributed by atoms with Crippen LogP contribution in [0.1, 0.15) is 18.2 Å². The highest BCUT2D eigenvalue weighted by Crippen LogP contribution is 2.19. The fourth-order valence-corrected chi connectivity index (χ4v) is 2.91. The van der Waals surface area contributed by atoms with Crippen LogP contribution in [0.5, 0.6) is 0 Å². The van der Waals surface area contributed by atoms with Crippen LogP contribution >= 0.6 is 22.9 Å². The Morgan fingerprint density at radius 1 is 1.50 bits per heavy atom. The smallest absolute Gasteiger partial charge is 0.311 e. The van der Waals surface area contributed by atoms with Gasteiger partial charge in [0, 0.05) is 16.0 Å². The monoisotopic (exact) mass is 391 g/mol. The minimum absolute atomic E-state index is 0.132. The first-order valence-corrected chi connectivity index (χ1v) is 8.83. The molecular formula is C15H14ClN7O2S. The maximum atomic E-state index is 11.5. The number of esters is 1. The highest BCUT2D eigenvalue weighted by atomic mass is 35.5. The number of hydrogen-bond acceptors (Lipinski definition) is 9. The van der Waals surface area contributed by atoms with Crippen molar-refractivity contribution >= 4 is 40.3 Å². The van der Waals surface area contributed by atoms with Crippen molar-refractivity contribution in [3.63, 3.8) is 0 Å². The topological polar surface area (TPSA) is 107 Å². The lowest BCUT2D eigenvalue weighted by atomic mass is 10.2. The van der Waals surface area contributed by atoms with Gasteiger partial charge < -0.3 is 4.74 Å². The molecule has 0 aliphatic heterocycles. The highest BCUT2D eigenvalue weighted by molar-refractivity contribution is 7.13. The molecule has 3 rings (SSSR count). The average Bonchev–Trinajstić information content (AvgIpc) is 3.27. The molecule has 2 aromatic heterocycles. The average molecular weight is 392 g/mol. The SMILES string of the molecule is CCOC(=O)Cc1csc(NN=Cc2cc(Cl)ccc2-n2cnnn2)n1. The minimum Gasteiger partial charge on any atom is -0.466 e. The molecule has 26 heavy (non-hydrogen) atoms. The molecule has 0 fully saturated rings. The summed E-state index contributed by atoms with van der Waals surface area (Å²) < 4.78 is 6.41. The Morgan fingerprint density at radius 3 is 3.15 bits per heavy atom. The number of anilines is 1. The molecule has 3 aromatic rings.